The minimum Gasteiger partial charge on any atom is -0.389 e. The Morgan fingerprint density at radius 2 is 1.64 bits per heavy atom. The molecule has 0 bridgehead atoms. The molecule has 1 rings (SSSR count). The summed E-state index contributed by atoms with van der Waals surface area (Å²) in [6.07, 6.45) is 2.19. The van der Waals surface area contributed by atoms with Crippen molar-refractivity contribution in [2.24, 2.45) is 17.8 Å². The first-order chi connectivity index (χ1) is 11.4. The first kappa shape index (κ1) is 21.5. The molecule has 0 aromatic heterocycles. The number of carbonyl (C=O) groups is 3. The van der Waals surface area contributed by atoms with Crippen molar-refractivity contribution < 1.29 is 24.6 Å². The Hall–Kier alpha value is -1.59. The maximum atomic E-state index is 12.8. The van der Waals surface area contributed by atoms with Gasteiger partial charge in [-0.1, -0.05) is 37.1 Å². The van der Waals surface area contributed by atoms with E-state index in [4.69, 9.17) is 0 Å². The Kier molecular flexibility index (Phi) is 7.03. The number of ketones is 3. The van der Waals surface area contributed by atoms with Gasteiger partial charge in [0.1, 0.15) is 5.92 Å². The number of hydrogen-bond donors (Lipinski definition) is 2. The molecule has 1 aliphatic rings. The van der Waals surface area contributed by atoms with Crippen LogP contribution < -0.4 is 0 Å². The van der Waals surface area contributed by atoms with Gasteiger partial charge in [-0.3, -0.25) is 14.4 Å². The molecule has 3 unspecified atom stereocenters. The molecule has 1 aliphatic carbocycles. The summed E-state index contributed by atoms with van der Waals surface area (Å²) in [5, 5.41) is 21.6. The SMILES string of the molecule is CC(C)=CCC1C(=O)C(C(=O)C(C)C)C(=O)C1(O)[C@H](O)CC=C(C)C. The molecule has 2 N–H and O–H groups in total. The van der Waals surface area contributed by atoms with Gasteiger partial charge in [-0.05, 0) is 40.5 Å². The first-order valence-electron chi connectivity index (χ1n) is 8.73. The Labute approximate surface area is 149 Å². The van der Waals surface area contributed by atoms with E-state index in [-0.39, 0.29) is 12.8 Å². The fraction of sp³-hybridized carbons (Fsp3) is 0.650. The quantitative estimate of drug-likeness (QED) is 0.543. The second-order valence-electron chi connectivity index (χ2n) is 7.68. The minimum absolute atomic E-state index is 0.0474. The molecule has 0 saturated heterocycles. The molecule has 0 aromatic carbocycles. The zero-order chi connectivity index (χ0) is 19.5. The van der Waals surface area contributed by atoms with E-state index >= 15 is 0 Å². The van der Waals surface area contributed by atoms with E-state index in [9.17, 15) is 24.6 Å². The lowest BCUT2D eigenvalue weighted by Gasteiger charge is -2.31. The summed E-state index contributed by atoms with van der Waals surface area (Å²) in [6.45, 7) is 10.6. The highest BCUT2D eigenvalue weighted by Crippen LogP contribution is 2.41. The third kappa shape index (κ3) is 4.33. The van der Waals surface area contributed by atoms with E-state index in [0.717, 1.165) is 11.1 Å². The van der Waals surface area contributed by atoms with Crippen LogP contribution in [0.2, 0.25) is 0 Å². The van der Waals surface area contributed by atoms with Gasteiger partial charge in [0.05, 0.1) is 12.0 Å². The van der Waals surface area contributed by atoms with E-state index < -0.39 is 46.8 Å². The van der Waals surface area contributed by atoms with E-state index in [0.29, 0.717) is 0 Å². The van der Waals surface area contributed by atoms with Crippen LogP contribution in [0.5, 0.6) is 0 Å². The maximum absolute atomic E-state index is 12.8. The molecule has 5 heteroatoms. The van der Waals surface area contributed by atoms with Crippen LogP contribution in [-0.2, 0) is 14.4 Å². The van der Waals surface area contributed by atoms with Crippen molar-refractivity contribution in [2.75, 3.05) is 0 Å². The highest BCUT2D eigenvalue weighted by molar-refractivity contribution is 6.27. The molecule has 0 aliphatic heterocycles. The summed E-state index contributed by atoms with van der Waals surface area (Å²) in [6, 6.07) is 0. The predicted octanol–water partition coefficient (Wildman–Crippen LogP) is 2.40. The van der Waals surface area contributed by atoms with E-state index in [1.807, 2.05) is 27.7 Å². The standard InChI is InChI=1S/C20H30O5/c1-11(2)7-9-14-18(23)16(17(22)13(5)6)19(24)20(14,25)15(21)10-8-12(3)4/h7-8,13-16,21,25H,9-10H2,1-6H3/t14?,15-,16?,20?/m1/s1. The average Bonchev–Trinajstić information content (AvgIpc) is 2.69. The molecule has 1 fully saturated rings. The number of rotatable bonds is 7. The third-order valence-electron chi connectivity index (χ3n) is 4.69. The lowest BCUT2D eigenvalue weighted by Crippen LogP contribution is -2.52. The highest BCUT2D eigenvalue weighted by atomic mass is 16.4. The normalized spacial score (nSPS) is 27.4. The van der Waals surface area contributed by atoms with Gasteiger partial charge in [-0.15, -0.1) is 0 Å². The van der Waals surface area contributed by atoms with Crippen molar-refractivity contribution in [1.29, 1.82) is 0 Å². The second-order valence-corrected chi connectivity index (χ2v) is 7.68. The van der Waals surface area contributed by atoms with Crippen LogP contribution in [0.1, 0.15) is 54.4 Å². The molecule has 0 amide bonds. The van der Waals surface area contributed by atoms with Crippen LogP contribution in [0.4, 0.5) is 0 Å². The van der Waals surface area contributed by atoms with Crippen molar-refractivity contribution in [3.05, 3.63) is 23.3 Å². The number of aliphatic hydroxyl groups is 2. The van der Waals surface area contributed by atoms with E-state index in [2.05, 4.69) is 0 Å². The van der Waals surface area contributed by atoms with E-state index in [1.54, 1.807) is 26.0 Å². The van der Waals surface area contributed by atoms with Gasteiger partial charge in [-0.25, -0.2) is 0 Å². The summed E-state index contributed by atoms with van der Waals surface area (Å²) in [7, 11) is 0. The fourth-order valence-corrected chi connectivity index (χ4v) is 3.13. The zero-order valence-corrected chi connectivity index (χ0v) is 16.0. The molecule has 0 aromatic rings. The summed E-state index contributed by atoms with van der Waals surface area (Å²) < 4.78 is 0. The summed E-state index contributed by atoms with van der Waals surface area (Å²) in [5.74, 6) is -5.04. The third-order valence-corrected chi connectivity index (χ3v) is 4.69. The van der Waals surface area contributed by atoms with Crippen LogP contribution >= 0.6 is 0 Å². The monoisotopic (exact) mass is 350 g/mol. The van der Waals surface area contributed by atoms with Gasteiger partial charge in [0, 0.05) is 5.92 Å². The summed E-state index contributed by atoms with van der Waals surface area (Å²) >= 11 is 0. The Bertz CT molecular complexity index is 606. The van der Waals surface area contributed by atoms with Gasteiger partial charge < -0.3 is 10.2 Å². The maximum Gasteiger partial charge on any atom is 0.185 e. The molecule has 0 spiro atoms. The molecular weight excluding hydrogens is 320 g/mol. The van der Waals surface area contributed by atoms with Gasteiger partial charge in [0.15, 0.2) is 23.0 Å². The molecule has 5 nitrogen and oxygen atoms in total. The lowest BCUT2D eigenvalue weighted by atomic mass is 9.80. The Morgan fingerprint density at radius 3 is 2.08 bits per heavy atom. The van der Waals surface area contributed by atoms with Gasteiger partial charge >= 0.3 is 0 Å². The Morgan fingerprint density at radius 1 is 1.12 bits per heavy atom. The van der Waals surface area contributed by atoms with Crippen LogP contribution in [0.3, 0.4) is 0 Å². The summed E-state index contributed by atoms with van der Waals surface area (Å²) in [5.41, 5.74) is -0.375. The summed E-state index contributed by atoms with van der Waals surface area (Å²) in [4.78, 5) is 38.0. The van der Waals surface area contributed by atoms with Crippen LogP contribution in [-0.4, -0.2) is 39.3 Å². The van der Waals surface area contributed by atoms with E-state index in [1.165, 1.54) is 0 Å². The van der Waals surface area contributed by atoms with Crippen molar-refractivity contribution in [3.63, 3.8) is 0 Å². The van der Waals surface area contributed by atoms with Crippen LogP contribution in [0.25, 0.3) is 0 Å². The molecule has 0 radical (unpaired) electrons. The fourth-order valence-electron chi connectivity index (χ4n) is 3.13. The number of hydrogen-bond acceptors (Lipinski definition) is 5. The predicted molar refractivity (Wildman–Crippen MR) is 95.9 cm³/mol. The largest absolute Gasteiger partial charge is 0.389 e. The first-order valence-corrected chi connectivity index (χ1v) is 8.73. The van der Waals surface area contributed by atoms with Crippen molar-refractivity contribution in [3.8, 4) is 0 Å². The molecule has 0 heterocycles. The number of Topliss-reactive ketones (excluding diaryl/α,β-unsaturated/α-hetero) is 3. The minimum atomic E-state index is -2.23. The molecule has 25 heavy (non-hydrogen) atoms. The van der Waals surface area contributed by atoms with Gasteiger partial charge in [0.25, 0.3) is 0 Å². The molecule has 140 valence electrons. The topological polar surface area (TPSA) is 91.7 Å². The number of allylic oxidation sites excluding steroid dienone is 3. The van der Waals surface area contributed by atoms with Gasteiger partial charge in [0.2, 0.25) is 0 Å². The molecule has 1 saturated carbocycles. The number of aliphatic hydroxyl groups excluding tert-OH is 1. The lowest BCUT2D eigenvalue weighted by molar-refractivity contribution is -0.155. The zero-order valence-electron chi connectivity index (χ0n) is 16.0. The Balaban J connectivity index is 3.34. The van der Waals surface area contributed by atoms with Crippen molar-refractivity contribution >= 4 is 17.3 Å². The molecular formula is C20H30O5. The van der Waals surface area contributed by atoms with Crippen LogP contribution in [0.15, 0.2) is 23.3 Å². The number of carbonyl (C=O) groups excluding carboxylic acids is 3. The van der Waals surface area contributed by atoms with Crippen molar-refractivity contribution in [2.45, 2.75) is 66.1 Å². The van der Waals surface area contributed by atoms with Crippen molar-refractivity contribution in [1.82, 2.24) is 0 Å². The van der Waals surface area contributed by atoms with Gasteiger partial charge in [-0.2, -0.15) is 0 Å². The highest BCUT2D eigenvalue weighted by Gasteiger charge is 2.63. The smallest absolute Gasteiger partial charge is 0.185 e. The second kappa shape index (κ2) is 8.19. The molecule has 4 atom stereocenters. The van der Waals surface area contributed by atoms with Crippen LogP contribution in [0, 0.1) is 17.8 Å². The average molecular weight is 350 g/mol.